The molecule has 0 radical (unpaired) electrons. The highest BCUT2D eigenvalue weighted by Gasteiger charge is 2.30. The maximum Gasteiger partial charge on any atom is 0.339 e. The molecule has 2 aliphatic heterocycles. The summed E-state index contributed by atoms with van der Waals surface area (Å²) in [6, 6.07) is 13.2. The molecule has 0 N–H and O–H groups in total. The first-order valence-corrected chi connectivity index (χ1v) is 10.2. The first-order valence-electron chi connectivity index (χ1n) is 10.2. The maximum absolute atomic E-state index is 13.1. The van der Waals surface area contributed by atoms with Crippen LogP contribution in [0, 0.1) is 0 Å². The van der Waals surface area contributed by atoms with Crippen LogP contribution in [0.15, 0.2) is 42.5 Å². The molecule has 1 saturated heterocycles. The van der Waals surface area contributed by atoms with E-state index in [1.54, 1.807) is 31.3 Å². The van der Waals surface area contributed by atoms with E-state index >= 15 is 0 Å². The zero-order chi connectivity index (χ0) is 21.1. The molecule has 158 valence electrons. The van der Waals surface area contributed by atoms with E-state index in [4.69, 9.17) is 14.2 Å². The van der Waals surface area contributed by atoms with Gasteiger partial charge in [0.15, 0.2) is 11.5 Å². The summed E-state index contributed by atoms with van der Waals surface area (Å²) in [5.41, 5.74) is 2.05. The van der Waals surface area contributed by atoms with Gasteiger partial charge in [-0.3, -0.25) is 9.69 Å². The second-order valence-electron chi connectivity index (χ2n) is 7.49. The lowest BCUT2D eigenvalue weighted by Gasteiger charge is -2.28. The van der Waals surface area contributed by atoms with Crippen LogP contribution in [0.4, 0.5) is 5.69 Å². The second-order valence-corrected chi connectivity index (χ2v) is 7.49. The summed E-state index contributed by atoms with van der Waals surface area (Å²) < 4.78 is 16.2. The summed E-state index contributed by atoms with van der Waals surface area (Å²) in [6.45, 7) is 2.23. The van der Waals surface area contributed by atoms with E-state index in [2.05, 4.69) is 11.0 Å². The van der Waals surface area contributed by atoms with Gasteiger partial charge in [-0.25, -0.2) is 4.79 Å². The van der Waals surface area contributed by atoms with E-state index in [0.29, 0.717) is 24.5 Å². The topological polar surface area (TPSA) is 68.3 Å². The third-order valence-corrected chi connectivity index (χ3v) is 5.70. The highest BCUT2D eigenvalue weighted by atomic mass is 16.6. The molecule has 0 aliphatic carbocycles. The molecule has 0 aromatic heterocycles. The van der Waals surface area contributed by atoms with E-state index in [9.17, 15) is 9.59 Å². The minimum atomic E-state index is -0.458. The first kappa shape index (κ1) is 20.2. The Morgan fingerprint density at radius 2 is 1.90 bits per heavy atom. The van der Waals surface area contributed by atoms with Gasteiger partial charge in [-0.05, 0) is 49.2 Å². The van der Waals surface area contributed by atoms with Crippen LogP contribution in [0.1, 0.15) is 34.8 Å². The van der Waals surface area contributed by atoms with Crippen molar-refractivity contribution in [1.29, 1.82) is 0 Å². The first-order chi connectivity index (χ1) is 14.6. The number of ether oxygens (including phenoxy) is 3. The van der Waals surface area contributed by atoms with E-state index in [-0.39, 0.29) is 18.5 Å². The SMILES string of the molecule is COC(=O)c1ccccc1N(C)C(=O)CN1CCC[C@@H]1c1ccc2c(c1)OCCO2. The number of benzene rings is 2. The van der Waals surface area contributed by atoms with Crippen LogP contribution in [-0.2, 0) is 9.53 Å². The molecule has 30 heavy (non-hydrogen) atoms. The zero-order valence-electron chi connectivity index (χ0n) is 17.3. The second kappa shape index (κ2) is 8.75. The van der Waals surface area contributed by atoms with E-state index in [0.717, 1.165) is 36.4 Å². The fraction of sp³-hybridized carbons (Fsp3) is 0.391. The molecule has 2 aromatic rings. The molecule has 2 aromatic carbocycles. The fourth-order valence-corrected chi connectivity index (χ4v) is 4.12. The van der Waals surface area contributed by atoms with Crippen molar-refractivity contribution in [3.05, 3.63) is 53.6 Å². The van der Waals surface area contributed by atoms with Crippen molar-refractivity contribution >= 4 is 17.6 Å². The quantitative estimate of drug-likeness (QED) is 0.706. The Kier molecular flexibility index (Phi) is 5.90. The molecule has 4 rings (SSSR count). The smallest absolute Gasteiger partial charge is 0.339 e. The van der Waals surface area contributed by atoms with Gasteiger partial charge in [0.25, 0.3) is 0 Å². The number of para-hydroxylation sites is 1. The number of methoxy groups -OCH3 is 1. The van der Waals surface area contributed by atoms with Gasteiger partial charge in [-0.1, -0.05) is 18.2 Å². The number of hydrogen-bond acceptors (Lipinski definition) is 6. The monoisotopic (exact) mass is 410 g/mol. The number of likely N-dealkylation sites (tertiary alicyclic amines) is 1. The van der Waals surface area contributed by atoms with Gasteiger partial charge < -0.3 is 19.1 Å². The number of nitrogens with zero attached hydrogens (tertiary/aromatic N) is 2. The predicted octanol–water partition coefficient (Wildman–Crippen LogP) is 3.04. The van der Waals surface area contributed by atoms with Crippen LogP contribution in [-0.4, -0.2) is 57.2 Å². The largest absolute Gasteiger partial charge is 0.486 e. The van der Waals surface area contributed by atoms with Gasteiger partial charge in [0.2, 0.25) is 5.91 Å². The highest BCUT2D eigenvalue weighted by molar-refractivity contribution is 6.02. The van der Waals surface area contributed by atoms with Crippen molar-refractivity contribution < 1.29 is 23.8 Å². The molecule has 0 unspecified atom stereocenters. The van der Waals surface area contributed by atoms with Gasteiger partial charge >= 0.3 is 5.97 Å². The van der Waals surface area contributed by atoms with Gasteiger partial charge in [-0.15, -0.1) is 0 Å². The summed E-state index contributed by atoms with van der Waals surface area (Å²) in [4.78, 5) is 28.8. The number of likely N-dealkylation sites (N-methyl/N-ethyl adjacent to an activating group) is 1. The van der Waals surface area contributed by atoms with Crippen LogP contribution in [0.5, 0.6) is 11.5 Å². The third-order valence-electron chi connectivity index (χ3n) is 5.70. The number of fused-ring (bicyclic) bond motifs is 1. The van der Waals surface area contributed by atoms with Crippen molar-refractivity contribution in [1.82, 2.24) is 4.90 Å². The Hall–Kier alpha value is -3.06. The molecule has 1 atom stereocenters. The number of rotatable bonds is 5. The standard InChI is InChI=1S/C23H26N2O5/c1-24(19-7-4-3-6-17(19)23(27)28-2)22(26)15-25-11-5-8-18(25)16-9-10-20-21(14-16)30-13-12-29-20/h3-4,6-7,9-10,14,18H,5,8,11-13,15H2,1-2H3/t18-/m1/s1. The molecule has 1 amide bonds. The summed E-state index contributed by atoms with van der Waals surface area (Å²) in [5, 5.41) is 0. The molecule has 2 aliphatic rings. The van der Waals surface area contributed by atoms with E-state index in [1.165, 1.54) is 12.0 Å². The Morgan fingerprint density at radius 1 is 1.13 bits per heavy atom. The maximum atomic E-state index is 13.1. The molecule has 7 nitrogen and oxygen atoms in total. The minimum Gasteiger partial charge on any atom is -0.486 e. The molecule has 0 spiro atoms. The van der Waals surface area contributed by atoms with Crippen molar-refractivity contribution in [2.75, 3.05) is 45.4 Å². The van der Waals surface area contributed by atoms with Gasteiger partial charge in [0, 0.05) is 13.1 Å². The van der Waals surface area contributed by atoms with Gasteiger partial charge in [0.1, 0.15) is 13.2 Å². The number of anilines is 1. The normalized spacial score (nSPS) is 18.1. The number of hydrogen-bond donors (Lipinski definition) is 0. The molecular weight excluding hydrogens is 384 g/mol. The Balaban J connectivity index is 1.50. The average Bonchev–Trinajstić information content (AvgIpc) is 3.25. The van der Waals surface area contributed by atoms with Crippen LogP contribution < -0.4 is 14.4 Å². The van der Waals surface area contributed by atoms with Crippen molar-refractivity contribution in [2.45, 2.75) is 18.9 Å². The lowest BCUT2D eigenvalue weighted by molar-refractivity contribution is -0.119. The number of esters is 1. The van der Waals surface area contributed by atoms with Crippen LogP contribution in [0.3, 0.4) is 0 Å². The fourth-order valence-electron chi connectivity index (χ4n) is 4.12. The molecule has 1 fully saturated rings. The Morgan fingerprint density at radius 3 is 2.70 bits per heavy atom. The molecule has 0 saturated carbocycles. The molecule has 2 heterocycles. The summed E-state index contributed by atoms with van der Waals surface area (Å²) in [5.74, 6) is 1.00. The van der Waals surface area contributed by atoms with Crippen molar-refractivity contribution in [3.63, 3.8) is 0 Å². The lowest BCUT2D eigenvalue weighted by Crippen LogP contribution is -2.38. The molecule has 7 heteroatoms. The van der Waals surface area contributed by atoms with Crippen LogP contribution >= 0.6 is 0 Å². The number of carbonyl (C=O) groups is 2. The summed E-state index contributed by atoms with van der Waals surface area (Å²) in [6.07, 6.45) is 2.00. The lowest BCUT2D eigenvalue weighted by atomic mass is 10.0. The molecular formula is C23H26N2O5. The Labute approximate surface area is 176 Å². The van der Waals surface area contributed by atoms with Crippen molar-refractivity contribution in [3.8, 4) is 11.5 Å². The van der Waals surface area contributed by atoms with Crippen LogP contribution in [0.2, 0.25) is 0 Å². The summed E-state index contributed by atoms with van der Waals surface area (Å²) >= 11 is 0. The predicted molar refractivity (Wildman–Crippen MR) is 112 cm³/mol. The highest BCUT2D eigenvalue weighted by Crippen LogP contribution is 2.38. The van der Waals surface area contributed by atoms with Gasteiger partial charge in [0.05, 0.1) is 24.9 Å². The summed E-state index contributed by atoms with van der Waals surface area (Å²) in [7, 11) is 3.03. The van der Waals surface area contributed by atoms with Crippen molar-refractivity contribution in [2.24, 2.45) is 0 Å². The van der Waals surface area contributed by atoms with E-state index < -0.39 is 5.97 Å². The number of carbonyl (C=O) groups excluding carboxylic acids is 2. The molecule has 0 bridgehead atoms. The third kappa shape index (κ3) is 3.98. The average molecular weight is 410 g/mol. The Bertz CT molecular complexity index is 945. The number of amides is 1. The zero-order valence-corrected chi connectivity index (χ0v) is 17.3. The van der Waals surface area contributed by atoms with Gasteiger partial charge in [-0.2, -0.15) is 0 Å². The minimum absolute atomic E-state index is 0.0733. The van der Waals surface area contributed by atoms with Crippen LogP contribution in [0.25, 0.3) is 0 Å². The van der Waals surface area contributed by atoms with E-state index in [1.807, 2.05) is 12.1 Å².